The monoisotopic (exact) mass is 616 g/mol. The molecule has 0 aliphatic rings. The van der Waals surface area contributed by atoms with Crippen LogP contribution in [-0.4, -0.2) is 0 Å². The standard InChI is InChI=1S/C46H33N/c1-3-10-34(11-4-1)37-18-20-38(21-19-37)40-26-30-45(31-27-40)47(44-28-24-39(25-29-44)35-12-5-2-6-13-35)46-17-9-16-42(33-46)43-23-22-36-14-7-8-15-41(36)32-43/h1-33H/i2D,5D,6D,9D,12D,13D,16D,17D,24D,25D,26D,27D,28D,29D,30D,31D,33D. The second kappa shape index (κ2) is 12.7. The van der Waals surface area contributed by atoms with Gasteiger partial charge in [0, 0.05) is 17.1 Å². The van der Waals surface area contributed by atoms with E-state index in [4.69, 9.17) is 9.60 Å². The fourth-order valence-corrected chi connectivity index (χ4v) is 5.21. The lowest BCUT2D eigenvalue weighted by Gasteiger charge is -2.26. The fourth-order valence-electron chi connectivity index (χ4n) is 5.21. The van der Waals surface area contributed by atoms with Crippen molar-refractivity contribution >= 4 is 27.8 Å². The maximum absolute atomic E-state index is 9.66. The van der Waals surface area contributed by atoms with Gasteiger partial charge in [0.25, 0.3) is 0 Å². The first kappa shape index (κ1) is 15.4. The van der Waals surface area contributed by atoms with Gasteiger partial charge in [0.05, 0.1) is 23.3 Å². The highest BCUT2D eigenvalue weighted by Gasteiger charge is 2.15. The van der Waals surface area contributed by atoms with Gasteiger partial charge in [0.2, 0.25) is 0 Å². The zero-order valence-electron chi connectivity index (χ0n) is 41.7. The highest BCUT2D eigenvalue weighted by Crippen LogP contribution is 2.39. The molecule has 0 amide bonds. The molecule has 8 aromatic rings. The van der Waals surface area contributed by atoms with Crippen molar-refractivity contribution in [3.8, 4) is 44.5 Å². The largest absolute Gasteiger partial charge is 0.310 e. The van der Waals surface area contributed by atoms with E-state index in [1.54, 1.807) is 54.6 Å². The van der Waals surface area contributed by atoms with Crippen LogP contribution < -0.4 is 4.90 Å². The van der Waals surface area contributed by atoms with Gasteiger partial charge in [-0.3, -0.25) is 0 Å². The van der Waals surface area contributed by atoms with Crippen LogP contribution in [0.15, 0.2) is 200 Å². The van der Waals surface area contributed by atoms with E-state index in [9.17, 15) is 13.7 Å². The number of fused-ring (bicyclic) bond motifs is 1. The summed E-state index contributed by atoms with van der Waals surface area (Å²) >= 11 is 0. The Kier molecular flexibility index (Phi) is 4.15. The van der Waals surface area contributed by atoms with Crippen molar-refractivity contribution in [2.45, 2.75) is 0 Å². The van der Waals surface area contributed by atoms with Crippen LogP contribution in [0.25, 0.3) is 55.3 Å². The number of rotatable bonds is 7. The van der Waals surface area contributed by atoms with Gasteiger partial charge >= 0.3 is 0 Å². The summed E-state index contributed by atoms with van der Waals surface area (Å²) in [6.45, 7) is 0. The van der Waals surface area contributed by atoms with Crippen molar-refractivity contribution in [2.75, 3.05) is 4.90 Å². The summed E-state index contributed by atoms with van der Waals surface area (Å²) in [5, 5.41) is 1.52. The normalized spacial score (nSPS) is 16.0. The molecule has 8 aromatic carbocycles. The van der Waals surface area contributed by atoms with Gasteiger partial charge < -0.3 is 4.90 Å². The molecule has 8 rings (SSSR count). The zero-order chi connectivity index (χ0) is 46.2. The number of nitrogens with zero attached hydrogens (tertiary/aromatic N) is 1. The third-order valence-corrected chi connectivity index (χ3v) is 7.58. The van der Waals surface area contributed by atoms with Crippen LogP contribution in [0.2, 0.25) is 0 Å². The Morgan fingerprint density at radius 3 is 1.51 bits per heavy atom. The second-order valence-corrected chi connectivity index (χ2v) is 10.5. The zero-order valence-corrected chi connectivity index (χ0v) is 24.7. The Hall–Kier alpha value is -6.18. The van der Waals surface area contributed by atoms with Gasteiger partial charge in [-0.15, -0.1) is 0 Å². The lowest BCUT2D eigenvalue weighted by Crippen LogP contribution is -2.10. The predicted octanol–water partition coefficient (Wildman–Crippen LogP) is 13.0. The SMILES string of the molecule is [2H]c1c([2H])c([2H])c(-c2c([2H])c([2H])c(N(c3c([2H])c([2H])c(-c4ccc(-c5ccccc5)cc4)c([2H])c3[2H])c3c([2H])c([2H])c([2H])c(-c4ccc5ccccc5c4)c3[2H])c([2H])c2[2H])c([2H])c1[2H]. The van der Waals surface area contributed by atoms with Gasteiger partial charge in [-0.2, -0.15) is 0 Å². The van der Waals surface area contributed by atoms with Crippen LogP contribution in [0.5, 0.6) is 0 Å². The molecule has 0 saturated heterocycles. The van der Waals surface area contributed by atoms with Gasteiger partial charge in [0.15, 0.2) is 0 Å². The summed E-state index contributed by atoms with van der Waals surface area (Å²) in [6, 6.07) is 15.1. The van der Waals surface area contributed by atoms with E-state index in [0.717, 1.165) is 16.5 Å². The van der Waals surface area contributed by atoms with E-state index in [1.807, 2.05) is 42.5 Å². The minimum Gasteiger partial charge on any atom is -0.310 e. The van der Waals surface area contributed by atoms with Crippen LogP contribution >= 0.6 is 0 Å². The summed E-state index contributed by atoms with van der Waals surface area (Å²) in [4.78, 5) is 0.711. The minimum absolute atomic E-state index is 0.133. The molecule has 1 nitrogen and oxygen atoms in total. The maximum Gasteiger partial charge on any atom is 0.0651 e. The summed E-state index contributed by atoms with van der Waals surface area (Å²) in [6.07, 6.45) is 0. The Morgan fingerprint density at radius 2 is 0.830 bits per heavy atom. The molecule has 0 heterocycles. The van der Waals surface area contributed by atoms with E-state index < -0.39 is 131 Å². The van der Waals surface area contributed by atoms with Crippen LogP contribution in [0.1, 0.15) is 23.3 Å². The first-order chi connectivity index (χ1) is 30.4. The van der Waals surface area contributed by atoms with Gasteiger partial charge in [-0.1, -0.05) is 157 Å². The molecule has 0 unspecified atom stereocenters. The number of anilines is 3. The van der Waals surface area contributed by atoms with Gasteiger partial charge in [0.1, 0.15) is 0 Å². The molecule has 47 heavy (non-hydrogen) atoms. The molecule has 0 fully saturated rings. The van der Waals surface area contributed by atoms with Crippen molar-refractivity contribution in [3.05, 3.63) is 200 Å². The maximum atomic E-state index is 9.66. The highest BCUT2D eigenvalue weighted by atomic mass is 15.1. The smallest absolute Gasteiger partial charge is 0.0651 e. The number of hydrogen-bond acceptors (Lipinski definition) is 1. The number of benzene rings is 8. The molecule has 0 atom stereocenters. The Labute approximate surface area is 300 Å². The Bertz CT molecular complexity index is 3160. The molecule has 0 spiro atoms. The Balaban J connectivity index is 1.46. The first-order valence-corrected chi connectivity index (χ1v) is 14.7. The molecule has 0 bridgehead atoms. The molecule has 0 aliphatic carbocycles. The third-order valence-electron chi connectivity index (χ3n) is 7.58. The molecular formula is C46H33N. The second-order valence-electron chi connectivity index (χ2n) is 10.5. The quantitative estimate of drug-likeness (QED) is 0.172. The average molecular weight is 617 g/mol. The molecule has 0 N–H and O–H groups in total. The van der Waals surface area contributed by atoms with Crippen molar-refractivity contribution < 1.29 is 23.3 Å². The summed E-state index contributed by atoms with van der Waals surface area (Å²) in [7, 11) is 0. The van der Waals surface area contributed by atoms with Crippen molar-refractivity contribution in [2.24, 2.45) is 0 Å². The topological polar surface area (TPSA) is 3.24 Å². The van der Waals surface area contributed by atoms with E-state index in [1.165, 1.54) is 0 Å². The lowest BCUT2D eigenvalue weighted by atomic mass is 9.99. The van der Waals surface area contributed by atoms with E-state index in [0.29, 0.717) is 15.8 Å². The molecule has 0 aliphatic heterocycles. The van der Waals surface area contributed by atoms with E-state index in [-0.39, 0.29) is 16.7 Å². The van der Waals surface area contributed by atoms with E-state index >= 15 is 0 Å². The highest BCUT2D eigenvalue weighted by molar-refractivity contribution is 5.89. The summed E-state index contributed by atoms with van der Waals surface area (Å²) < 4.78 is 153. The predicted molar refractivity (Wildman–Crippen MR) is 200 cm³/mol. The molecule has 222 valence electrons. The average Bonchev–Trinajstić information content (AvgIpc) is 3.30. The summed E-state index contributed by atoms with van der Waals surface area (Å²) in [5.41, 5.74) is -1.55. The molecule has 0 aromatic heterocycles. The molecular weight excluding hydrogens is 567 g/mol. The van der Waals surface area contributed by atoms with Gasteiger partial charge in [-0.25, -0.2) is 0 Å². The summed E-state index contributed by atoms with van der Waals surface area (Å²) in [5.74, 6) is 0. The third kappa shape index (κ3) is 5.95. The lowest BCUT2D eigenvalue weighted by molar-refractivity contribution is 1.28. The van der Waals surface area contributed by atoms with Crippen LogP contribution in [0, 0.1) is 0 Å². The van der Waals surface area contributed by atoms with Crippen LogP contribution in [0.3, 0.4) is 0 Å². The van der Waals surface area contributed by atoms with Crippen LogP contribution in [0.4, 0.5) is 17.1 Å². The molecule has 0 saturated carbocycles. The van der Waals surface area contributed by atoms with Crippen molar-refractivity contribution in [3.63, 3.8) is 0 Å². The minimum atomic E-state index is -0.965. The van der Waals surface area contributed by atoms with Crippen molar-refractivity contribution in [1.29, 1.82) is 0 Å². The van der Waals surface area contributed by atoms with Crippen molar-refractivity contribution in [1.82, 2.24) is 0 Å². The first-order valence-electron chi connectivity index (χ1n) is 23.2. The van der Waals surface area contributed by atoms with Crippen LogP contribution in [-0.2, 0) is 0 Å². The van der Waals surface area contributed by atoms with E-state index in [2.05, 4.69) is 0 Å². The Morgan fingerprint density at radius 1 is 0.319 bits per heavy atom. The number of hydrogen-bond donors (Lipinski definition) is 0. The van der Waals surface area contributed by atoms with Gasteiger partial charge in [-0.05, 0) is 97.6 Å². The fraction of sp³-hybridized carbons (Fsp3) is 0. The molecule has 0 radical (unpaired) electrons. The molecule has 1 heteroatoms.